The fourth-order valence-corrected chi connectivity index (χ4v) is 5.41. The van der Waals surface area contributed by atoms with Gasteiger partial charge in [-0.2, -0.15) is 0 Å². The van der Waals surface area contributed by atoms with Crippen LogP contribution in [0.3, 0.4) is 0 Å². The molecule has 3 N–H and O–H groups in total. The lowest BCUT2D eigenvalue weighted by molar-refractivity contribution is 0.208. The van der Waals surface area contributed by atoms with Gasteiger partial charge in [-0.1, -0.05) is 54.6 Å². The third kappa shape index (κ3) is 4.79. The van der Waals surface area contributed by atoms with Crippen LogP contribution >= 0.6 is 0 Å². The van der Waals surface area contributed by atoms with Gasteiger partial charge in [-0.3, -0.25) is 0 Å². The summed E-state index contributed by atoms with van der Waals surface area (Å²) in [6.07, 6.45) is 0. The maximum Gasteiger partial charge on any atom is 0.241 e. The van der Waals surface area contributed by atoms with Crippen molar-refractivity contribution in [1.29, 1.82) is 0 Å². The first-order chi connectivity index (χ1) is 16.1. The molecule has 4 aromatic rings. The minimum Gasteiger partial charge on any atom is -0.394 e. The number of aliphatic hydroxyl groups is 1. The zero-order valence-electron chi connectivity index (χ0n) is 19.6. The van der Waals surface area contributed by atoms with E-state index in [2.05, 4.69) is 20.2 Å². The molecule has 0 aliphatic carbocycles. The smallest absolute Gasteiger partial charge is 0.241 e. The van der Waals surface area contributed by atoms with E-state index in [1.165, 1.54) is 0 Å². The summed E-state index contributed by atoms with van der Waals surface area (Å²) in [5.41, 5.74) is 2.86. The highest BCUT2D eigenvalue weighted by molar-refractivity contribution is 7.89. The first kappa shape index (κ1) is 23.8. The van der Waals surface area contributed by atoms with Crippen LogP contribution in [0.2, 0.25) is 0 Å². The number of aromatic nitrogens is 2. The molecular weight excluding hydrogens is 448 g/mol. The highest BCUT2D eigenvalue weighted by Gasteiger charge is 2.27. The second kappa shape index (κ2) is 9.13. The number of hydrogen-bond acceptors (Lipinski definition) is 6. The summed E-state index contributed by atoms with van der Waals surface area (Å²) in [5, 5.41) is 23.5. The maximum atomic E-state index is 13.1. The van der Waals surface area contributed by atoms with E-state index in [9.17, 15) is 13.5 Å². The minimum absolute atomic E-state index is 0.138. The topological polar surface area (TPSA) is 104 Å². The predicted octanol–water partition coefficient (Wildman–Crippen LogP) is 4.71. The van der Waals surface area contributed by atoms with Crippen LogP contribution in [0.15, 0.2) is 71.6 Å². The molecular formula is C26H28N4O3S. The molecule has 0 radical (unpaired) electrons. The third-order valence-corrected chi connectivity index (χ3v) is 7.48. The van der Waals surface area contributed by atoms with Crippen LogP contribution in [0.5, 0.6) is 0 Å². The van der Waals surface area contributed by atoms with Gasteiger partial charge in [-0.05, 0) is 51.0 Å². The Balaban J connectivity index is 1.81. The number of anilines is 2. The molecule has 3 aromatic carbocycles. The molecule has 176 valence electrons. The number of aliphatic hydroxyl groups excluding tert-OH is 1. The molecule has 34 heavy (non-hydrogen) atoms. The Labute approximate surface area is 199 Å². The van der Waals surface area contributed by atoms with E-state index in [0.717, 1.165) is 22.0 Å². The van der Waals surface area contributed by atoms with Gasteiger partial charge in [-0.25, -0.2) is 13.1 Å². The minimum atomic E-state index is -3.87. The summed E-state index contributed by atoms with van der Waals surface area (Å²) in [6.45, 7) is 6.69. The molecule has 1 aromatic heterocycles. The molecule has 0 bridgehead atoms. The molecule has 7 nitrogen and oxygen atoms in total. The van der Waals surface area contributed by atoms with Gasteiger partial charge in [0.15, 0.2) is 5.82 Å². The van der Waals surface area contributed by atoms with E-state index in [1.54, 1.807) is 32.9 Å². The van der Waals surface area contributed by atoms with Gasteiger partial charge >= 0.3 is 0 Å². The van der Waals surface area contributed by atoms with Crippen molar-refractivity contribution in [3.8, 4) is 11.3 Å². The second-order valence-electron chi connectivity index (χ2n) is 9.01. The summed E-state index contributed by atoms with van der Waals surface area (Å²) >= 11 is 0. The van der Waals surface area contributed by atoms with Crippen molar-refractivity contribution in [2.45, 2.75) is 38.1 Å². The zero-order chi connectivity index (χ0) is 24.5. The standard InChI is InChI=1S/C26H28N4O3S/c1-17-9-5-8-12-22(17)27-25-21-11-7-6-10-20(21)24(28-29-25)19-14-13-18(2)23(15-19)34(32,33)30-26(3,4)16-31/h5-15,30-31H,16H2,1-4H3,(H,27,29). The van der Waals surface area contributed by atoms with Crippen LogP contribution in [-0.2, 0) is 10.0 Å². The Morgan fingerprint density at radius 3 is 2.26 bits per heavy atom. The average Bonchev–Trinajstić information content (AvgIpc) is 2.80. The number of para-hydroxylation sites is 1. The number of fused-ring (bicyclic) bond motifs is 1. The Hall–Kier alpha value is -3.33. The summed E-state index contributed by atoms with van der Waals surface area (Å²) in [5.74, 6) is 0.625. The Morgan fingerprint density at radius 1 is 0.882 bits per heavy atom. The van der Waals surface area contributed by atoms with Gasteiger partial charge in [0, 0.05) is 22.0 Å². The van der Waals surface area contributed by atoms with Crippen molar-refractivity contribution in [2.24, 2.45) is 0 Å². The number of benzene rings is 3. The van der Waals surface area contributed by atoms with Crippen LogP contribution in [0.25, 0.3) is 22.0 Å². The van der Waals surface area contributed by atoms with E-state index in [4.69, 9.17) is 0 Å². The molecule has 0 unspecified atom stereocenters. The van der Waals surface area contributed by atoms with E-state index in [-0.39, 0.29) is 11.5 Å². The third-order valence-electron chi connectivity index (χ3n) is 5.64. The van der Waals surface area contributed by atoms with Crippen molar-refractivity contribution in [2.75, 3.05) is 11.9 Å². The lowest BCUT2D eigenvalue weighted by Crippen LogP contribution is -2.46. The molecule has 0 aliphatic heterocycles. The number of nitrogens with one attached hydrogen (secondary N) is 2. The zero-order valence-corrected chi connectivity index (χ0v) is 20.4. The van der Waals surface area contributed by atoms with Crippen molar-refractivity contribution in [1.82, 2.24) is 14.9 Å². The van der Waals surface area contributed by atoms with Crippen LogP contribution in [0.4, 0.5) is 11.5 Å². The van der Waals surface area contributed by atoms with Crippen LogP contribution in [0.1, 0.15) is 25.0 Å². The van der Waals surface area contributed by atoms with Gasteiger partial charge in [0.05, 0.1) is 17.0 Å². The first-order valence-electron chi connectivity index (χ1n) is 11.0. The lowest BCUT2D eigenvalue weighted by Gasteiger charge is -2.24. The molecule has 0 fully saturated rings. The number of rotatable bonds is 7. The molecule has 0 amide bonds. The highest BCUT2D eigenvalue weighted by Crippen LogP contribution is 2.33. The van der Waals surface area contributed by atoms with Crippen LogP contribution < -0.4 is 10.0 Å². The quantitative estimate of drug-likeness (QED) is 0.357. The number of sulfonamides is 1. The fourth-order valence-electron chi connectivity index (χ4n) is 3.74. The van der Waals surface area contributed by atoms with Gasteiger partial charge in [-0.15, -0.1) is 10.2 Å². The Bertz CT molecular complexity index is 1470. The Kier molecular flexibility index (Phi) is 6.40. The Morgan fingerprint density at radius 2 is 1.56 bits per heavy atom. The molecule has 0 spiro atoms. The van der Waals surface area contributed by atoms with Gasteiger partial charge < -0.3 is 10.4 Å². The van der Waals surface area contributed by atoms with Crippen molar-refractivity contribution < 1.29 is 13.5 Å². The monoisotopic (exact) mass is 476 g/mol. The van der Waals surface area contributed by atoms with Gasteiger partial charge in [0.2, 0.25) is 10.0 Å². The summed E-state index contributed by atoms with van der Waals surface area (Å²) in [6, 6.07) is 20.9. The first-order valence-corrected chi connectivity index (χ1v) is 12.4. The van der Waals surface area contributed by atoms with Crippen LogP contribution in [-0.4, -0.2) is 35.9 Å². The maximum absolute atomic E-state index is 13.1. The van der Waals surface area contributed by atoms with Crippen LogP contribution in [0, 0.1) is 13.8 Å². The average molecular weight is 477 g/mol. The molecule has 4 rings (SSSR count). The van der Waals surface area contributed by atoms with E-state index < -0.39 is 15.6 Å². The lowest BCUT2D eigenvalue weighted by atomic mass is 10.0. The van der Waals surface area contributed by atoms with E-state index in [1.807, 2.05) is 61.5 Å². The van der Waals surface area contributed by atoms with Crippen molar-refractivity contribution >= 4 is 32.3 Å². The largest absolute Gasteiger partial charge is 0.394 e. The van der Waals surface area contributed by atoms with Gasteiger partial charge in [0.25, 0.3) is 0 Å². The molecule has 0 saturated heterocycles. The molecule has 0 saturated carbocycles. The van der Waals surface area contributed by atoms with E-state index in [0.29, 0.717) is 22.6 Å². The van der Waals surface area contributed by atoms with Crippen molar-refractivity contribution in [3.05, 3.63) is 77.9 Å². The molecule has 8 heteroatoms. The predicted molar refractivity (Wildman–Crippen MR) is 136 cm³/mol. The number of nitrogens with zero attached hydrogens (tertiary/aromatic N) is 2. The second-order valence-corrected chi connectivity index (χ2v) is 10.7. The summed E-state index contributed by atoms with van der Waals surface area (Å²) < 4.78 is 28.8. The molecule has 0 atom stereocenters. The molecule has 0 aliphatic rings. The fraction of sp³-hybridized carbons (Fsp3) is 0.231. The number of hydrogen-bond donors (Lipinski definition) is 3. The van der Waals surface area contributed by atoms with E-state index >= 15 is 0 Å². The van der Waals surface area contributed by atoms with Gasteiger partial charge in [0.1, 0.15) is 5.69 Å². The summed E-state index contributed by atoms with van der Waals surface area (Å²) in [7, 11) is -3.87. The normalized spacial score (nSPS) is 12.1. The van der Waals surface area contributed by atoms with Crippen molar-refractivity contribution in [3.63, 3.8) is 0 Å². The highest BCUT2D eigenvalue weighted by atomic mass is 32.2. The number of aryl methyl sites for hydroxylation is 2. The molecule has 1 heterocycles. The SMILES string of the molecule is Cc1ccccc1Nc1nnc(-c2ccc(C)c(S(=O)(=O)NC(C)(C)CO)c2)c2ccccc12. The summed E-state index contributed by atoms with van der Waals surface area (Å²) in [4.78, 5) is 0.138.